The SMILES string of the molecule is CC/C=C\C/C=C\C/C=C\C/C=C\CCCCC(=O)OCC(COC(=O)CCCCCCCCCCCCCC)OC(=O)CCCCCCC/C=C\C/C=C\CCCCC. The number of hydrogen-bond acceptors (Lipinski definition) is 6. The number of rotatable bonds is 44. The first-order valence-corrected chi connectivity index (χ1v) is 24.9. The standard InChI is InChI=1S/C54H92O6/c1-4-7-10-13-16-19-22-25-27-29-32-35-38-41-44-47-53(56)59-50-51(49-58-52(55)46-43-40-37-34-31-24-21-18-15-12-9-6-3)60-54(57)48-45-42-39-36-33-30-28-26-23-20-17-14-11-8-5-2/h7,10,16-17,19-20,25-28,32,35,51H,4-6,8-9,11-15,18,21-24,29-31,33-34,36-50H2,1-3H3/b10-7-,19-16-,20-17-,27-25-,28-26-,35-32-. The van der Waals surface area contributed by atoms with Gasteiger partial charge >= 0.3 is 17.9 Å². The molecule has 60 heavy (non-hydrogen) atoms. The van der Waals surface area contributed by atoms with E-state index in [0.717, 1.165) is 109 Å². The molecule has 0 fully saturated rings. The van der Waals surface area contributed by atoms with E-state index in [0.29, 0.717) is 19.3 Å². The predicted octanol–water partition coefficient (Wildman–Crippen LogP) is 16.3. The van der Waals surface area contributed by atoms with Gasteiger partial charge in [0.05, 0.1) is 0 Å². The first-order valence-electron chi connectivity index (χ1n) is 24.9. The molecule has 0 radical (unpaired) electrons. The lowest BCUT2D eigenvalue weighted by molar-refractivity contribution is -0.167. The Morgan fingerprint density at radius 3 is 1.08 bits per heavy atom. The van der Waals surface area contributed by atoms with Crippen LogP contribution in [0.2, 0.25) is 0 Å². The van der Waals surface area contributed by atoms with Crippen molar-refractivity contribution in [3.63, 3.8) is 0 Å². The minimum absolute atomic E-state index is 0.0931. The summed E-state index contributed by atoms with van der Waals surface area (Å²) in [5.41, 5.74) is 0. The summed E-state index contributed by atoms with van der Waals surface area (Å²) in [5.74, 6) is -0.951. The van der Waals surface area contributed by atoms with E-state index in [1.165, 1.54) is 83.5 Å². The molecule has 6 nitrogen and oxygen atoms in total. The highest BCUT2D eigenvalue weighted by atomic mass is 16.6. The van der Waals surface area contributed by atoms with Gasteiger partial charge in [-0.25, -0.2) is 0 Å². The summed E-state index contributed by atoms with van der Waals surface area (Å²) < 4.78 is 16.7. The van der Waals surface area contributed by atoms with Crippen LogP contribution < -0.4 is 0 Å². The number of esters is 3. The zero-order chi connectivity index (χ0) is 43.7. The second-order valence-electron chi connectivity index (χ2n) is 16.3. The molecule has 0 saturated carbocycles. The third-order valence-electron chi connectivity index (χ3n) is 10.4. The summed E-state index contributed by atoms with van der Waals surface area (Å²) in [5, 5.41) is 0. The van der Waals surface area contributed by atoms with E-state index in [9.17, 15) is 14.4 Å². The molecule has 0 aromatic carbocycles. The lowest BCUT2D eigenvalue weighted by atomic mass is 10.0. The number of allylic oxidation sites excluding steroid dienone is 12. The van der Waals surface area contributed by atoms with E-state index in [-0.39, 0.29) is 31.1 Å². The van der Waals surface area contributed by atoms with Gasteiger partial charge in [0.2, 0.25) is 0 Å². The van der Waals surface area contributed by atoms with Crippen molar-refractivity contribution in [3.05, 3.63) is 72.9 Å². The van der Waals surface area contributed by atoms with Crippen molar-refractivity contribution < 1.29 is 28.6 Å². The zero-order valence-corrected chi connectivity index (χ0v) is 39.2. The van der Waals surface area contributed by atoms with Crippen LogP contribution in [0.25, 0.3) is 0 Å². The van der Waals surface area contributed by atoms with Crippen molar-refractivity contribution in [3.8, 4) is 0 Å². The molecular weight excluding hydrogens is 745 g/mol. The molecule has 0 aliphatic heterocycles. The fraction of sp³-hybridized carbons (Fsp3) is 0.722. The van der Waals surface area contributed by atoms with E-state index in [2.05, 4.69) is 93.7 Å². The third kappa shape index (κ3) is 45.9. The van der Waals surface area contributed by atoms with Crippen LogP contribution in [0.3, 0.4) is 0 Å². The molecule has 6 heteroatoms. The van der Waals surface area contributed by atoms with Gasteiger partial charge in [-0.1, -0.05) is 196 Å². The van der Waals surface area contributed by atoms with Crippen LogP contribution >= 0.6 is 0 Å². The van der Waals surface area contributed by atoms with Crippen LogP contribution in [0.4, 0.5) is 0 Å². The fourth-order valence-electron chi connectivity index (χ4n) is 6.70. The van der Waals surface area contributed by atoms with Gasteiger partial charge in [0, 0.05) is 19.3 Å². The lowest BCUT2D eigenvalue weighted by Gasteiger charge is -2.18. The Kier molecular flexibility index (Phi) is 46.0. The minimum Gasteiger partial charge on any atom is -0.462 e. The molecule has 0 heterocycles. The molecule has 0 saturated heterocycles. The van der Waals surface area contributed by atoms with E-state index < -0.39 is 6.10 Å². The number of carbonyl (C=O) groups is 3. The van der Waals surface area contributed by atoms with Crippen molar-refractivity contribution in [1.29, 1.82) is 0 Å². The van der Waals surface area contributed by atoms with Crippen molar-refractivity contribution in [2.45, 2.75) is 239 Å². The summed E-state index contributed by atoms with van der Waals surface area (Å²) in [6.45, 7) is 6.44. The van der Waals surface area contributed by atoms with Crippen LogP contribution in [0.15, 0.2) is 72.9 Å². The second kappa shape index (κ2) is 48.5. The highest BCUT2D eigenvalue weighted by Gasteiger charge is 2.19. The Balaban J connectivity index is 4.47. The number of ether oxygens (including phenoxy) is 3. The largest absolute Gasteiger partial charge is 0.462 e. The maximum absolute atomic E-state index is 12.8. The summed E-state index contributed by atoms with van der Waals surface area (Å²) >= 11 is 0. The Bertz CT molecular complexity index is 1140. The Morgan fingerprint density at radius 1 is 0.350 bits per heavy atom. The molecule has 1 atom stereocenters. The van der Waals surface area contributed by atoms with Gasteiger partial charge in [0.1, 0.15) is 13.2 Å². The van der Waals surface area contributed by atoms with Crippen LogP contribution in [-0.2, 0) is 28.6 Å². The highest BCUT2D eigenvalue weighted by Crippen LogP contribution is 2.14. The fourth-order valence-corrected chi connectivity index (χ4v) is 6.70. The molecule has 0 aromatic rings. The Hall–Kier alpha value is -3.15. The topological polar surface area (TPSA) is 78.9 Å². The molecule has 344 valence electrons. The van der Waals surface area contributed by atoms with Crippen molar-refractivity contribution in [2.75, 3.05) is 13.2 Å². The lowest BCUT2D eigenvalue weighted by Crippen LogP contribution is -2.30. The van der Waals surface area contributed by atoms with Gasteiger partial charge in [-0.3, -0.25) is 14.4 Å². The van der Waals surface area contributed by atoms with Gasteiger partial charge in [-0.2, -0.15) is 0 Å². The molecule has 0 bridgehead atoms. The zero-order valence-electron chi connectivity index (χ0n) is 39.2. The Labute approximate surface area is 370 Å². The van der Waals surface area contributed by atoms with Crippen LogP contribution in [0.1, 0.15) is 233 Å². The summed E-state index contributed by atoms with van der Waals surface area (Å²) in [4.78, 5) is 37.9. The van der Waals surface area contributed by atoms with Gasteiger partial charge in [0.25, 0.3) is 0 Å². The van der Waals surface area contributed by atoms with Gasteiger partial charge < -0.3 is 14.2 Å². The first kappa shape index (κ1) is 56.9. The number of carbonyl (C=O) groups excluding carboxylic acids is 3. The maximum Gasteiger partial charge on any atom is 0.306 e. The van der Waals surface area contributed by atoms with E-state index in [4.69, 9.17) is 14.2 Å². The van der Waals surface area contributed by atoms with Gasteiger partial charge in [-0.15, -0.1) is 0 Å². The monoisotopic (exact) mass is 837 g/mol. The smallest absolute Gasteiger partial charge is 0.306 e. The second-order valence-corrected chi connectivity index (χ2v) is 16.3. The Morgan fingerprint density at radius 2 is 0.650 bits per heavy atom. The summed E-state index contributed by atoms with van der Waals surface area (Å²) in [6, 6.07) is 0. The number of hydrogen-bond donors (Lipinski definition) is 0. The van der Waals surface area contributed by atoms with E-state index >= 15 is 0 Å². The van der Waals surface area contributed by atoms with Crippen molar-refractivity contribution >= 4 is 17.9 Å². The molecule has 0 aliphatic rings. The van der Waals surface area contributed by atoms with Crippen molar-refractivity contribution in [1.82, 2.24) is 0 Å². The molecule has 0 amide bonds. The van der Waals surface area contributed by atoms with Crippen molar-refractivity contribution in [2.24, 2.45) is 0 Å². The van der Waals surface area contributed by atoms with Crippen LogP contribution in [0, 0.1) is 0 Å². The highest BCUT2D eigenvalue weighted by molar-refractivity contribution is 5.71. The summed E-state index contributed by atoms with van der Waals surface area (Å²) in [7, 11) is 0. The third-order valence-corrected chi connectivity index (χ3v) is 10.4. The molecule has 0 rings (SSSR count). The van der Waals surface area contributed by atoms with Crippen LogP contribution in [-0.4, -0.2) is 37.2 Å². The quantitative estimate of drug-likeness (QED) is 0.0263. The summed E-state index contributed by atoms with van der Waals surface area (Å²) in [6.07, 6.45) is 60.2. The molecule has 0 N–H and O–H groups in total. The predicted molar refractivity (Wildman–Crippen MR) is 256 cm³/mol. The van der Waals surface area contributed by atoms with Crippen LogP contribution in [0.5, 0.6) is 0 Å². The average Bonchev–Trinajstić information content (AvgIpc) is 3.24. The molecule has 0 spiro atoms. The van der Waals surface area contributed by atoms with E-state index in [1.54, 1.807) is 0 Å². The normalized spacial score (nSPS) is 12.7. The minimum atomic E-state index is -0.797. The van der Waals surface area contributed by atoms with Gasteiger partial charge in [-0.05, 0) is 89.9 Å². The molecule has 0 aromatic heterocycles. The average molecular weight is 837 g/mol. The number of unbranched alkanes of at least 4 members (excludes halogenated alkanes) is 21. The maximum atomic E-state index is 12.8. The van der Waals surface area contributed by atoms with Gasteiger partial charge in [0.15, 0.2) is 6.10 Å². The molecule has 1 unspecified atom stereocenters. The van der Waals surface area contributed by atoms with E-state index in [1.807, 2.05) is 0 Å². The molecule has 0 aliphatic carbocycles. The molecular formula is C54H92O6. The first-order chi connectivity index (χ1) is 29.5.